The van der Waals surface area contributed by atoms with E-state index in [-0.39, 0.29) is 6.04 Å². The van der Waals surface area contributed by atoms with Gasteiger partial charge in [0.1, 0.15) is 5.82 Å². The van der Waals surface area contributed by atoms with Gasteiger partial charge in [-0.15, -0.1) is 0 Å². The highest BCUT2D eigenvalue weighted by Gasteiger charge is 2.19. The summed E-state index contributed by atoms with van der Waals surface area (Å²) in [5.41, 5.74) is 3.66. The SMILES string of the molecule is CCCn1ccnc1C(Cc1c(C)nn(C)c1C)NC. The third kappa shape index (κ3) is 2.77. The molecular weight excluding hydrogens is 250 g/mol. The van der Waals surface area contributed by atoms with E-state index < -0.39 is 0 Å². The lowest BCUT2D eigenvalue weighted by molar-refractivity contribution is 0.510. The minimum atomic E-state index is 0.221. The first-order valence-corrected chi connectivity index (χ1v) is 7.25. The number of nitrogens with zero attached hydrogens (tertiary/aromatic N) is 4. The van der Waals surface area contributed by atoms with Crippen LogP contribution < -0.4 is 5.32 Å². The standard InChI is InChI=1S/C15H25N5/c1-6-8-20-9-7-17-15(20)14(16-4)10-13-11(2)18-19(5)12(13)3/h7,9,14,16H,6,8,10H2,1-5H3. The number of rotatable bonds is 6. The fourth-order valence-electron chi connectivity index (χ4n) is 2.70. The van der Waals surface area contributed by atoms with Crippen LogP contribution in [-0.2, 0) is 20.0 Å². The smallest absolute Gasteiger partial charge is 0.126 e. The van der Waals surface area contributed by atoms with E-state index in [1.165, 1.54) is 11.3 Å². The largest absolute Gasteiger partial charge is 0.334 e. The summed E-state index contributed by atoms with van der Waals surface area (Å²) >= 11 is 0. The van der Waals surface area contributed by atoms with Crippen molar-refractivity contribution in [2.45, 2.75) is 46.2 Å². The first kappa shape index (κ1) is 14.8. The molecule has 2 rings (SSSR count). The average molecular weight is 275 g/mol. The van der Waals surface area contributed by atoms with Crippen molar-refractivity contribution in [1.29, 1.82) is 0 Å². The second-order valence-corrected chi connectivity index (χ2v) is 5.30. The minimum absolute atomic E-state index is 0.221. The van der Waals surface area contributed by atoms with E-state index in [9.17, 15) is 0 Å². The summed E-state index contributed by atoms with van der Waals surface area (Å²) in [5, 5.41) is 7.89. The van der Waals surface area contributed by atoms with Crippen LogP contribution in [0.2, 0.25) is 0 Å². The molecule has 2 heterocycles. The number of aromatic nitrogens is 4. The molecule has 0 bridgehead atoms. The molecule has 0 saturated carbocycles. The van der Waals surface area contributed by atoms with Gasteiger partial charge >= 0.3 is 0 Å². The van der Waals surface area contributed by atoms with Crippen LogP contribution in [0.4, 0.5) is 0 Å². The molecule has 5 heteroatoms. The van der Waals surface area contributed by atoms with Crippen molar-refractivity contribution in [3.8, 4) is 0 Å². The Bertz CT molecular complexity index is 567. The Balaban J connectivity index is 2.26. The predicted octanol–water partition coefficient (Wildman–Crippen LogP) is 2.15. The summed E-state index contributed by atoms with van der Waals surface area (Å²) in [6, 6.07) is 0.221. The molecule has 0 aliphatic carbocycles. The fraction of sp³-hybridized carbons (Fsp3) is 0.600. The fourth-order valence-corrected chi connectivity index (χ4v) is 2.70. The molecule has 0 spiro atoms. The molecule has 110 valence electrons. The monoisotopic (exact) mass is 275 g/mol. The number of imidazole rings is 1. The van der Waals surface area contributed by atoms with E-state index in [4.69, 9.17) is 0 Å². The van der Waals surface area contributed by atoms with E-state index in [1.807, 2.05) is 25.0 Å². The zero-order valence-corrected chi connectivity index (χ0v) is 13.1. The number of likely N-dealkylation sites (N-methyl/N-ethyl adjacent to an activating group) is 1. The molecule has 1 N–H and O–H groups in total. The second-order valence-electron chi connectivity index (χ2n) is 5.30. The Kier molecular flexibility index (Phi) is 4.60. The lowest BCUT2D eigenvalue weighted by atomic mass is 10.0. The van der Waals surface area contributed by atoms with E-state index in [0.717, 1.165) is 30.9 Å². The molecule has 2 aromatic rings. The maximum Gasteiger partial charge on any atom is 0.126 e. The lowest BCUT2D eigenvalue weighted by Gasteiger charge is -2.18. The Labute approximate surface area is 121 Å². The molecule has 0 amide bonds. The number of aryl methyl sites for hydroxylation is 3. The van der Waals surface area contributed by atoms with Crippen LogP contribution in [0.3, 0.4) is 0 Å². The van der Waals surface area contributed by atoms with E-state index in [0.29, 0.717) is 0 Å². The molecule has 0 aliphatic rings. The Morgan fingerprint density at radius 3 is 2.65 bits per heavy atom. The van der Waals surface area contributed by atoms with Crippen LogP contribution in [0.1, 0.15) is 42.2 Å². The summed E-state index contributed by atoms with van der Waals surface area (Å²) in [5.74, 6) is 1.11. The van der Waals surface area contributed by atoms with Crippen LogP contribution in [0.15, 0.2) is 12.4 Å². The highest BCUT2D eigenvalue weighted by atomic mass is 15.3. The van der Waals surface area contributed by atoms with Crippen molar-refractivity contribution < 1.29 is 0 Å². The summed E-state index contributed by atoms with van der Waals surface area (Å²) in [6.45, 7) is 7.40. The Morgan fingerprint density at radius 2 is 2.10 bits per heavy atom. The van der Waals surface area contributed by atoms with E-state index in [2.05, 4.69) is 46.9 Å². The van der Waals surface area contributed by atoms with Gasteiger partial charge in [0, 0.05) is 31.7 Å². The Hall–Kier alpha value is -1.62. The van der Waals surface area contributed by atoms with Crippen molar-refractivity contribution >= 4 is 0 Å². The molecule has 0 aromatic carbocycles. The van der Waals surface area contributed by atoms with Crippen molar-refractivity contribution in [3.63, 3.8) is 0 Å². The van der Waals surface area contributed by atoms with Gasteiger partial charge in [0.15, 0.2) is 0 Å². The molecule has 0 aliphatic heterocycles. The molecule has 5 nitrogen and oxygen atoms in total. The van der Waals surface area contributed by atoms with Gasteiger partial charge in [0.05, 0.1) is 11.7 Å². The van der Waals surface area contributed by atoms with Crippen LogP contribution in [0.25, 0.3) is 0 Å². The van der Waals surface area contributed by atoms with Gasteiger partial charge in [-0.05, 0) is 39.3 Å². The van der Waals surface area contributed by atoms with Crippen molar-refractivity contribution in [2.75, 3.05) is 7.05 Å². The van der Waals surface area contributed by atoms with Crippen LogP contribution >= 0.6 is 0 Å². The average Bonchev–Trinajstić information content (AvgIpc) is 2.96. The highest BCUT2D eigenvalue weighted by Crippen LogP contribution is 2.21. The van der Waals surface area contributed by atoms with Crippen molar-refractivity contribution in [1.82, 2.24) is 24.6 Å². The van der Waals surface area contributed by atoms with E-state index >= 15 is 0 Å². The number of hydrogen-bond acceptors (Lipinski definition) is 3. The van der Waals surface area contributed by atoms with Crippen LogP contribution in [0.5, 0.6) is 0 Å². The topological polar surface area (TPSA) is 47.7 Å². The molecule has 2 aromatic heterocycles. The summed E-state index contributed by atoms with van der Waals surface area (Å²) in [6.07, 6.45) is 5.98. The summed E-state index contributed by atoms with van der Waals surface area (Å²) in [4.78, 5) is 4.54. The summed E-state index contributed by atoms with van der Waals surface area (Å²) in [7, 11) is 3.99. The molecule has 0 saturated heterocycles. The van der Waals surface area contributed by atoms with Gasteiger partial charge in [0.25, 0.3) is 0 Å². The highest BCUT2D eigenvalue weighted by molar-refractivity contribution is 5.26. The first-order valence-electron chi connectivity index (χ1n) is 7.25. The van der Waals surface area contributed by atoms with Gasteiger partial charge in [-0.25, -0.2) is 4.98 Å². The van der Waals surface area contributed by atoms with Gasteiger partial charge in [-0.1, -0.05) is 6.92 Å². The van der Waals surface area contributed by atoms with Crippen molar-refractivity contribution in [3.05, 3.63) is 35.2 Å². The van der Waals surface area contributed by atoms with E-state index in [1.54, 1.807) is 0 Å². The second kappa shape index (κ2) is 6.22. The third-order valence-electron chi connectivity index (χ3n) is 3.94. The first-order chi connectivity index (χ1) is 9.58. The van der Waals surface area contributed by atoms with Gasteiger partial charge in [-0.2, -0.15) is 5.10 Å². The number of hydrogen-bond donors (Lipinski definition) is 1. The van der Waals surface area contributed by atoms with Crippen LogP contribution in [-0.4, -0.2) is 26.4 Å². The van der Waals surface area contributed by atoms with Crippen LogP contribution in [0, 0.1) is 13.8 Å². The zero-order chi connectivity index (χ0) is 14.7. The molecule has 1 unspecified atom stereocenters. The quantitative estimate of drug-likeness (QED) is 0.878. The maximum absolute atomic E-state index is 4.54. The minimum Gasteiger partial charge on any atom is -0.334 e. The Morgan fingerprint density at radius 1 is 1.35 bits per heavy atom. The maximum atomic E-state index is 4.54. The molecule has 0 radical (unpaired) electrons. The molecule has 0 fully saturated rings. The molecule has 20 heavy (non-hydrogen) atoms. The zero-order valence-electron chi connectivity index (χ0n) is 13.1. The molecule has 1 atom stereocenters. The van der Waals surface area contributed by atoms with Crippen molar-refractivity contribution in [2.24, 2.45) is 7.05 Å². The van der Waals surface area contributed by atoms with Gasteiger partial charge < -0.3 is 9.88 Å². The normalized spacial score (nSPS) is 12.8. The lowest BCUT2D eigenvalue weighted by Crippen LogP contribution is -2.23. The number of nitrogens with one attached hydrogen (secondary N) is 1. The van der Waals surface area contributed by atoms with Gasteiger partial charge in [-0.3, -0.25) is 4.68 Å². The summed E-state index contributed by atoms with van der Waals surface area (Å²) < 4.78 is 4.19. The third-order valence-corrected chi connectivity index (χ3v) is 3.94. The van der Waals surface area contributed by atoms with Gasteiger partial charge in [0.2, 0.25) is 0 Å². The molecular formula is C15H25N5. The predicted molar refractivity (Wildman–Crippen MR) is 80.7 cm³/mol.